The van der Waals surface area contributed by atoms with Gasteiger partial charge in [0.05, 0.1) is 19.4 Å². The Morgan fingerprint density at radius 1 is 1.00 bits per heavy atom. The minimum Gasteiger partial charge on any atom is -0.490 e. The van der Waals surface area contributed by atoms with Gasteiger partial charge in [-0.1, -0.05) is 23.7 Å². The first-order chi connectivity index (χ1) is 16.4. The summed E-state index contributed by atoms with van der Waals surface area (Å²) >= 11 is 5.91. The number of hydrogen-bond acceptors (Lipinski definition) is 5. The first kappa shape index (κ1) is 24.7. The third-order valence-corrected chi connectivity index (χ3v) is 4.75. The summed E-state index contributed by atoms with van der Waals surface area (Å²) in [6, 6.07) is 17.6. The van der Waals surface area contributed by atoms with Crippen LogP contribution in [0.5, 0.6) is 11.5 Å². The van der Waals surface area contributed by atoms with Crippen LogP contribution in [0.25, 0.3) is 0 Å². The lowest BCUT2D eigenvalue weighted by Crippen LogP contribution is -2.34. The number of nitrogens with one attached hydrogen (secondary N) is 2. The Labute approximate surface area is 201 Å². The third-order valence-electron chi connectivity index (χ3n) is 4.49. The Hall–Kier alpha value is -3.91. The molecule has 3 aromatic rings. The lowest BCUT2D eigenvalue weighted by molar-refractivity contribution is -0.120. The maximum atomic E-state index is 12.9. The number of ether oxygens (including phenoxy) is 2. The van der Waals surface area contributed by atoms with Crippen molar-refractivity contribution < 1.29 is 23.5 Å². The number of amides is 2. The van der Waals surface area contributed by atoms with E-state index in [-0.39, 0.29) is 12.1 Å². The maximum absolute atomic E-state index is 12.9. The molecule has 2 amide bonds. The van der Waals surface area contributed by atoms with Gasteiger partial charge < -0.3 is 14.8 Å². The lowest BCUT2D eigenvalue weighted by Gasteiger charge is -2.12. The zero-order chi connectivity index (χ0) is 24.3. The van der Waals surface area contributed by atoms with Gasteiger partial charge in [0.2, 0.25) is 0 Å². The molecular weight excluding hydrogens is 461 g/mol. The molecule has 0 heterocycles. The maximum Gasteiger partial charge on any atom is 0.259 e. The topological polar surface area (TPSA) is 89.0 Å². The molecule has 9 heteroatoms. The molecule has 0 atom stereocenters. The lowest BCUT2D eigenvalue weighted by atomic mass is 10.2. The first-order valence-electron chi connectivity index (χ1n) is 10.4. The van der Waals surface area contributed by atoms with Crippen LogP contribution in [0.3, 0.4) is 0 Å². The van der Waals surface area contributed by atoms with Crippen molar-refractivity contribution in [2.75, 3.05) is 13.2 Å². The van der Waals surface area contributed by atoms with E-state index in [9.17, 15) is 14.0 Å². The van der Waals surface area contributed by atoms with Crippen molar-refractivity contribution in [1.82, 2.24) is 10.7 Å². The van der Waals surface area contributed by atoms with Crippen molar-refractivity contribution in [1.29, 1.82) is 0 Å². The number of carbonyl (C=O) groups is 2. The molecule has 34 heavy (non-hydrogen) atoms. The van der Waals surface area contributed by atoms with Crippen LogP contribution in [0.2, 0.25) is 5.02 Å². The average Bonchev–Trinajstić information content (AvgIpc) is 2.84. The van der Waals surface area contributed by atoms with Gasteiger partial charge >= 0.3 is 0 Å². The van der Waals surface area contributed by atoms with Crippen LogP contribution < -0.4 is 20.2 Å². The summed E-state index contributed by atoms with van der Waals surface area (Å²) in [7, 11) is 0. The predicted molar refractivity (Wildman–Crippen MR) is 128 cm³/mol. The van der Waals surface area contributed by atoms with Gasteiger partial charge in [-0.25, -0.2) is 9.82 Å². The van der Waals surface area contributed by atoms with Crippen molar-refractivity contribution in [3.8, 4) is 11.5 Å². The Kier molecular flexibility index (Phi) is 8.99. The van der Waals surface area contributed by atoms with Crippen LogP contribution in [0, 0.1) is 5.82 Å². The van der Waals surface area contributed by atoms with E-state index in [1.165, 1.54) is 30.5 Å². The van der Waals surface area contributed by atoms with Crippen LogP contribution in [0.4, 0.5) is 4.39 Å². The molecular formula is C25H23ClFN3O4. The summed E-state index contributed by atoms with van der Waals surface area (Å²) in [5.41, 5.74) is 4.23. The Morgan fingerprint density at radius 3 is 2.44 bits per heavy atom. The molecule has 0 bridgehead atoms. The summed E-state index contributed by atoms with van der Waals surface area (Å²) in [5.74, 6) is -0.341. The van der Waals surface area contributed by atoms with Crippen molar-refractivity contribution in [3.05, 3.63) is 94.3 Å². The van der Waals surface area contributed by atoms with Gasteiger partial charge in [0.1, 0.15) is 12.4 Å². The normalized spacial score (nSPS) is 10.7. The highest BCUT2D eigenvalue weighted by atomic mass is 35.5. The first-order valence-corrected chi connectivity index (χ1v) is 10.8. The molecule has 0 aliphatic rings. The van der Waals surface area contributed by atoms with E-state index in [0.717, 1.165) is 5.56 Å². The van der Waals surface area contributed by atoms with E-state index in [1.54, 1.807) is 30.3 Å². The predicted octanol–water partition coefficient (Wildman–Crippen LogP) is 4.34. The van der Waals surface area contributed by atoms with Gasteiger partial charge in [0.25, 0.3) is 11.8 Å². The smallest absolute Gasteiger partial charge is 0.259 e. The molecule has 0 saturated heterocycles. The van der Waals surface area contributed by atoms with Gasteiger partial charge in [0.15, 0.2) is 11.5 Å². The average molecular weight is 484 g/mol. The fourth-order valence-electron chi connectivity index (χ4n) is 2.82. The standard InChI is InChI=1S/C25H23ClFN3O4/c1-2-33-23-13-18(5-12-22(23)34-16-17-3-8-20(26)9-4-17)14-29-30-24(31)15-28-25(32)19-6-10-21(27)11-7-19/h3-14H,2,15-16H2,1H3,(H,28,32)(H,30,31)/b29-14-. The van der Waals surface area contributed by atoms with E-state index in [0.29, 0.717) is 35.3 Å². The Morgan fingerprint density at radius 2 is 1.74 bits per heavy atom. The number of rotatable bonds is 10. The summed E-state index contributed by atoms with van der Waals surface area (Å²) in [4.78, 5) is 23.9. The molecule has 0 fully saturated rings. The van der Waals surface area contributed by atoms with Crippen molar-refractivity contribution in [2.45, 2.75) is 13.5 Å². The van der Waals surface area contributed by atoms with Gasteiger partial charge in [-0.05, 0) is 72.6 Å². The Bertz CT molecular complexity index is 1150. The molecule has 7 nitrogen and oxygen atoms in total. The third kappa shape index (κ3) is 7.60. The van der Waals surface area contributed by atoms with Crippen LogP contribution in [-0.4, -0.2) is 31.2 Å². The molecule has 0 aliphatic carbocycles. The zero-order valence-corrected chi connectivity index (χ0v) is 19.1. The van der Waals surface area contributed by atoms with Gasteiger partial charge in [0, 0.05) is 10.6 Å². The minimum atomic E-state index is -0.514. The van der Waals surface area contributed by atoms with Crippen molar-refractivity contribution >= 4 is 29.6 Å². The van der Waals surface area contributed by atoms with Crippen molar-refractivity contribution in [2.24, 2.45) is 5.10 Å². The van der Waals surface area contributed by atoms with Crippen LogP contribution in [-0.2, 0) is 11.4 Å². The molecule has 176 valence electrons. The highest BCUT2D eigenvalue weighted by Gasteiger charge is 2.09. The second-order valence-corrected chi connectivity index (χ2v) is 7.47. The van der Waals surface area contributed by atoms with Crippen molar-refractivity contribution in [3.63, 3.8) is 0 Å². The van der Waals surface area contributed by atoms with E-state index < -0.39 is 17.6 Å². The van der Waals surface area contributed by atoms with E-state index in [2.05, 4.69) is 15.8 Å². The highest BCUT2D eigenvalue weighted by Crippen LogP contribution is 2.29. The van der Waals surface area contributed by atoms with Gasteiger partial charge in [-0.3, -0.25) is 9.59 Å². The minimum absolute atomic E-state index is 0.250. The molecule has 3 aromatic carbocycles. The Balaban J connectivity index is 1.52. The highest BCUT2D eigenvalue weighted by molar-refractivity contribution is 6.30. The van der Waals surface area contributed by atoms with Gasteiger partial charge in [-0.15, -0.1) is 0 Å². The number of carbonyl (C=O) groups excluding carboxylic acids is 2. The molecule has 0 aromatic heterocycles. The monoisotopic (exact) mass is 483 g/mol. The van der Waals surface area contributed by atoms with Crippen LogP contribution in [0.1, 0.15) is 28.4 Å². The number of benzene rings is 3. The summed E-state index contributed by atoms with van der Waals surface area (Å²) in [5, 5.41) is 7.00. The van der Waals surface area contributed by atoms with Gasteiger partial charge in [-0.2, -0.15) is 5.10 Å². The molecule has 0 saturated carbocycles. The number of halogens is 2. The van der Waals surface area contributed by atoms with Crippen LogP contribution >= 0.6 is 11.6 Å². The largest absolute Gasteiger partial charge is 0.490 e. The molecule has 0 radical (unpaired) electrons. The molecule has 2 N–H and O–H groups in total. The molecule has 0 spiro atoms. The fourth-order valence-corrected chi connectivity index (χ4v) is 2.94. The summed E-state index contributed by atoms with van der Waals surface area (Å²) in [6.07, 6.45) is 1.45. The number of nitrogens with zero attached hydrogens (tertiary/aromatic N) is 1. The number of hydrazone groups is 1. The van der Waals surface area contributed by atoms with Crippen LogP contribution in [0.15, 0.2) is 71.8 Å². The number of hydrogen-bond donors (Lipinski definition) is 2. The summed E-state index contributed by atoms with van der Waals surface area (Å²) < 4.78 is 24.5. The fraction of sp³-hybridized carbons (Fsp3) is 0.160. The van der Waals surface area contributed by atoms with E-state index in [1.807, 2.05) is 19.1 Å². The molecule has 3 rings (SSSR count). The zero-order valence-electron chi connectivity index (χ0n) is 18.4. The molecule has 0 unspecified atom stereocenters. The summed E-state index contributed by atoms with van der Waals surface area (Å²) in [6.45, 7) is 2.38. The van der Waals surface area contributed by atoms with E-state index >= 15 is 0 Å². The molecule has 0 aliphatic heterocycles. The quantitative estimate of drug-likeness (QED) is 0.332. The second kappa shape index (κ2) is 12.4. The SMILES string of the molecule is CCOc1cc(/C=N\NC(=O)CNC(=O)c2ccc(F)cc2)ccc1OCc1ccc(Cl)cc1. The van der Waals surface area contributed by atoms with E-state index in [4.69, 9.17) is 21.1 Å². The second-order valence-electron chi connectivity index (χ2n) is 7.04.